The van der Waals surface area contributed by atoms with Gasteiger partial charge in [0.2, 0.25) is 0 Å². The van der Waals surface area contributed by atoms with Crippen LogP contribution in [-0.4, -0.2) is 23.8 Å². The summed E-state index contributed by atoms with van der Waals surface area (Å²) in [5.74, 6) is 0.869. The lowest BCUT2D eigenvalue weighted by Crippen LogP contribution is -2.70. The third-order valence-electron chi connectivity index (χ3n) is 2.07. The summed E-state index contributed by atoms with van der Waals surface area (Å²) < 4.78 is 0. The van der Waals surface area contributed by atoms with E-state index in [1.807, 2.05) is 6.07 Å². The highest BCUT2D eigenvalue weighted by molar-refractivity contribution is 5.95. The van der Waals surface area contributed by atoms with Gasteiger partial charge in [0.15, 0.2) is 0 Å². The van der Waals surface area contributed by atoms with E-state index in [2.05, 4.69) is 10.3 Å². The lowest BCUT2D eigenvalue weighted by atomic mass is 10.2. The van der Waals surface area contributed by atoms with Crippen LogP contribution in [-0.2, 0) is 0 Å². The molecule has 0 amide bonds. The van der Waals surface area contributed by atoms with Crippen molar-refractivity contribution in [3.05, 3.63) is 39.9 Å². The summed E-state index contributed by atoms with van der Waals surface area (Å²) in [6.45, 7) is 1.72. The average Bonchev–Trinajstić information content (AvgIpc) is 2.71. The van der Waals surface area contributed by atoms with E-state index in [-0.39, 0.29) is 10.6 Å². The van der Waals surface area contributed by atoms with Crippen molar-refractivity contribution in [3.63, 3.8) is 0 Å². The first-order valence-corrected chi connectivity index (χ1v) is 4.37. The maximum atomic E-state index is 10.5. The molecule has 0 spiro atoms. The SMILES string of the molecule is O=[N+]([O-])c1cccc(C2=[NH+]CCN2)c1. The fraction of sp³-hybridized carbons (Fsp3) is 0.222. The monoisotopic (exact) mass is 192 g/mol. The van der Waals surface area contributed by atoms with Gasteiger partial charge in [0.05, 0.1) is 10.5 Å². The number of amidine groups is 1. The van der Waals surface area contributed by atoms with Crippen molar-refractivity contribution in [2.24, 2.45) is 0 Å². The number of nitrogens with zero attached hydrogens (tertiary/aromatic N) is 1. The first-order chi connectivity index (χ1) is 6.77. The molecule has 5 nitrogen and oxygen atoms in total. The summed E-state index contributed by atoms with van der Waals surface area (Å²) in [6, 6.07) is 6.56. The van der Waals surface area contributed by atoms with Gasteiger partial charge in [-0.1, -0.05) is 6.07 Å². The molecule has 2 N–H and O–H groups in total. The number of benzene rings is 1. The van der Waals surface area contributed by atoms with Crippen LogP contribution in [0.4, 0.5) is 5.69 Å². The molecule has 2 rings (SSSR count). The van der Waals surface area contributed by atoms with Gasteiger partial charge in [-0.3, -0.25) is 20.4 Å². The fourth-order valence-electron chi connectivity index (χ4n) is 1.42. The Hall–Kier alpha value is -1.91. The van der Waals surface area contributed by atoms with Crippen molar-refractivity contribution in [2.45, 2.75) is 0 Å². The maximum Gasteiger partial charge on any atom is 0.275 e. The lowest BCUT2D eigenvalue weighted by Gasteiger charge is -1.95. The van der Waals surface area contributed by atoms with Gasteiger partial charge in [-0.15, -0.1) is 0 Å². The summed E-state index contributed by atoms with van der Waals surface area (Å²) in [6.07, 6.45) is 0. The third kappa shape index (κ3) is 1.56. The lowest BCUT2D eigenvalue weighted by molar-refractivity contribution is -0.444. The van der Waals surface area contributed by atoms with Crippen molar-refractivity contribution in [2.75, 3.05) is 13.1 Å². The van der Waals surface area contributed by atoms with Crippen LogP contribution >= 0.6 is 0 Å². The Bertz CT molecular complexity index is 401. The van der Waals surface area contributed by atoms with Crippen LogP contribution in [0.15, 0.2) is 24.3 Å². The molecule has 1 aromatic rings. The van der Waals surface area contributed by atoms with Crippen LogP contribution in [0.3, 0.4) is 0 Å². The standard InChI is InChI=1S/C9H9N3O2/c13-12(14)8-3-1-2-7(6-8)9-10-4-5-11-9/h1-3,6H,4-5H2,(H,10,11)/p+1. The van der Waals surface area contributed by atoms with Gasteiger partial charge >= 0.3 is 0 Å². The predicted molar refractivity (Wildman–Crippen MR) is 51.0 cm³/mol. The van der Waals surface area contributed by atoms with Crippen molar-refractivity contribution in [1.29, 1.82) is 0 Å². The molecule has 1 aliphatic heterocycles. The molecule has 0 fully saturated rings. The number of nitro benzene ring substituents is 1. The van der Waals surface area contributed by atoms with E-state index >= 15 is 0 Å². The van der Waals surface area contributed by atoms with E-state index in [1.54, 1.807) is 12.1 Å². The Morgan fingerprint density at radius 2 is 2.36 bits per heavy atom. The van der Waals surface area contributed by atoms with Crippen molar-refractivity contribution in [1.82, 2.24) is 5.32 Å². The highest BCUT2D eigenvalue weighted by atomic mass is 16.6. The first-order valence-electron chi connectivity index (χ1n) is 4.37. The van der Waals surface area contributed by atoms with Gasteiger partial charge in [-0.2, -0.15) is 0 Å². The number of nitro groups is 1. The summed E-state index contributed by atoms with van der Waals surface area (Å²) in [5, 5.41) is 13.6. The van der Waals surface area contributed by atoms with E-state index in [4.69, 9.17) is 0 Å². The molecule has 14 heavy (non-hydrogen) atoms. The maximum absolute atomic E-state index is 10.5. The van der Waals surface area contributed by atoms with Gasteiger partial charge in [0.25, 0.3) is 11.5 Å². The van der Waals surface area contributed by atoms with E-state index < -0.39 is 0 Å². The van der Waals surface area contributed by atoms with Crippen LogP contribution in [0.25, 0.3) is 0 Å². The van der Waals surface area contributed by atoms with Gasteiger partial charge in [-0.25, -0.2) is 0 Å². The van der Waals surface area contributed by atoms with Gasteiger partial charge in [-0.05, 0) is 6.07 Å². The molecule has 0 radical (unpaired) electrons. The second-order valence-corrected chi connectivity index (χ2v) is 3.04. The molecule has 1 aliphatic rings. The Morgan fingerprint density at radius 3 is 3.00 bits per heavy atom. The van der Waals surface area contributed by atoms with Crippen LogP contribution in [0.2, 0.25) is 0 Å². The van der Waals surface area contributed by atoms with Crippen molar-refractivity contribution in [3.8, 4) is 0 Å². The summed E-state index contributed by atoms with van der Waals surface area (Å²) in [5.41, 5.74) is 0.946. The smallest absolute Gasteiger partial charge is 0.270 e. The zero-order chi connectivity index (χ0) is 9.97. The second kappa shape index (κ2) is 3.45. The fourth-order valence-corrected chi connectivity index (χ4v) is 1.42. The molecule has 1 aromatic carbocycles. The van der Waals surface area contributed by atoms with Crippen LogP contribution in [0.1, 0.15) is 5.56 Å². The molecule has 0 saturated carbocycles. The molecular weight excluding hydrogens is 182 g/mol. The van der Waals surface area contributed by atoms with E-state index in [0.29, 0.717) is 0 Å². The van der Waals surface area contributed by atoms with E-state index in [9.17, 15) is 10.1 Å². The topological polar surface area (TPSA) is 69.1 Å². The number of rotatable bonds is 2. The van der Waals surface area contributed by atoms with Crippen LogP contribution in [0, 0.1) is 10.1 Å². The number of non-ortho nitro benzene ring substituents is 1. The second-order valence-electron chi connectivity index (χ2n) is 3.04. The van der Waals surface area contributed by atoms with Crippen molar-refractivity contribution >= 4 is 11.5 Å². The highest BCUT2D eigenvalue weighted by Gasteiger charge is 2.17. The number of hydrogen-bond donors (Lipinski definition) is 2. The van der Waals surface area contributed by atoms with Crippen LogP contribution < -0.4 is 10.3 Å². The normalized spacial score (nSPS) is 14.7. The molecule has 1 heterocycles. The van der Waals surface area contributed by atoms with Gasteiger partial charge in [0, 0.05) is 12.1 Å². The molecular formula is C9H10N3O2+. The van der Waals surface area contributed by atoms with Gasteiger partial charge < -0.3 is 0 Å². The highest BCUT2D eigenvalue weighted by Crippen LogP contribution is 2.12. The molecule has 72 valence electrons. The summed E-state index contributed by atoms with van der Waals surface area (Å²) in [4.78, 5) is 13.3. The molecule has 0 bridgehead atoms. The minimum Gasteiger partial charge on any atom is -0.270 e. The third-order valence-corrected chi connectivity index (χ3v) is 2.07. The van der Waals surface area contributed by atoms with Gasteiger partial charge in [0.1, 0.15) is 13.1 Å². The number of hydrogen-bond acceptors (Lipinski definition) is 3. The van der Waals surface area contributed by atoms with E-state index in [1.165, 1.54) is 6.07 Å². The Morgan fingerprint density at radius 1 is 1.50 bits per heavy atom. The molecule has 0 aliphatic carbocycles. The summed E-state index contributed by atoms with van der Waals surface area (Å²) >= 11 is 0. The Balaban J connectivity index is 2.34. The van der Waals surface area contributed by atoms with Crippen molar-refractivity contribution < 1.29 is 9.92 Å². The average molecular weight is 192 g/mol. The predicted octanol–water partition coefficient (Wildman–Crippen LogP) is -0.975. The molecule has 0 saturated heterocycles. The van der Waals surface area contributed by atoms with Crippen LogP contribution in [0.5, 0.6) is 0 Å². The largest absolute Gasteiger partial charge is 0.275 e. The minimum absolute atomic E-state index is 0.116. The molecule has 0 unspecified atom stereocenters. The zero-order valence-corrected chi connectivity index (χ0v) is 7.49. The molecule has 0 atom stereocenters. The quantitative estimate of drug-likeness (QED) is 0.467. The molecule has 5 heteroatoms. The zero-order valence-electron chi connectivity index (χ0n) is 7.49. The summed E-state index contributed by atoms with van der Waals surface area (Å²) in [7, 11) is 0. The Kier molecular flexibility index (Phi) is 2.14. The minimum atomic E-state index is -0.390. The molecule has 0 aromatic heterocycles. The van der Waals surface area contributed by atoms with E-state index in [0.717, 1.165) is 24.5 Å². The Labute approximate surface area is 80.6 Å². The number of nitrogens with one attached hydrogen (secondary N) is 2. The first kappa shape index (κ1) is 8.68.